The fraction of sp³-hybridized carbons (Fsp3) is 0.278. The van der Waals surface area contributed by atoms with Crippen molar-refractivity contribution in [3.8, 4) is 17.6 Å². The van der Waals surface area contributed by atoms with E-state index in [4.69, 9.17) is 9.47 Å². The van der Waals surface area contributed by atoms with Crippen molar-refractivity contribution in [2.24, 2.45) is 0 Å². The van der Waals surface area contributed by atoms with E-state index in [1.165, 1.54) is 6.07 Å². The molecule has 0 bridgehead atoms. The van der Waals surface area contributed by atoms with E-state index < -0.39 is 11.6 Å². The zero-order chi connectivity index (χ0) is 16.7. The third-order valence-corrected chi connectivity index (χ3v) is 3.31. The van der Waals surface area contributed by atoms with Gasteiger partial charge in [-0.15, -0.1) is 0 Å². The maximum absolute atomic E-state index is 13.5. The second-order valence-electron chi connectivity index (χ2n) is 4.90. The van der Waals surface area contributed by atoms with Gasteiger partial charge in [0, 0.05) is 12.5 Å². The fourth-order valence-corrected chi connectivity index (χ4v) is 2.15. The first kappa shape index (κ1) is 16.8. The van der Waals surface area contributed by atoms with Crippen molar-refractivity contribution in [1.82, 2.24) is 0 Å². The Hall–Kier alpha value is -2.61. The van der Waals surface area contributed by atoms with Gasteiger partial charge in [-0.2, -0.15) is 5.26 Å². The Morgan fingerprint density at radius 2 is 1.83 bits per heavy atom. The van der Waals surface area contributed by atoms with Crippen molar-refractivity contribution in [1.29, 1.82) is 5.26 Å². The molecule has 0 aromatic heterocycles. The molecule has 1 unspecified atom stereocenters. The van der Waals surface area contributed by atoms with Crippen LogP contribution in [0, 0.1) is 23.0 Å². The number of halogens is 2. The molecule has 2 aromatic rings. The molecule has 3 nitrogen and oxygen atoms in total. The minimum atomic E-state index is -0.750. The van der Waals surface area contributed by atoms with Crippen LogP contribution in [0.5, 0.6) is 11.5 Å². The molecule has 0 spiro atoms. The monoisotopic (exact) mass is 317 g/mol. The molecule has 0 aliphatic rings. The molecule has 0 amide bonds. The molecule has 1 atom stereocenters. The number of nitrogens with zero attached hydrogens (tertiary/aromatic N) is 1. The molecule has 5 heteroatoms. The van der Waals surface area contributed by atoms with Crippen LogP contribution < -0.4 is 9.47 Å². The Morgan fingerprint density at radius 3 is 2.43 bits per heavy atom. The van der Waals surface area contributed by atoms with E-state index in [1.807, 2.05) is 31.2 Å². The Labute approximate surface area is 134 Å². The van der Waals surface area contributed by atoms with E-state index in [9.17, 15) is 14.0 Å². The molecular formula is C18H17F2NO2. The summed E-state index contributed by atoms with van der Waals surface area (Å²) in [4.78, 5) is 0. The molecule has 0 heterocycles. The molecule has 0 fully saturated rings. The van der Waals surface area contributed by atoms with Crippen LogP contribution in [0.2, 0.25) is 0 Å². The van der Waals surface area contributed by atoms with Gasteiger partial charge in [0.25, 0.3) is 0 Å². The highest BCUT2D eigenvalue weighted by molar-refractivity contribution is 5.32. The molecule has 23 heavy (non-hydrogen) atoms. The number of benzene rings is 2. The largest absolute Gasteiger partial charge is 0.494 e. The van der Waals surface area contributed by atoms with Crippen LogP contribution in [-0.4, -0.2) is 13.2 Å². The van der Waals surface area contributed by atoms with Crippen LogP contribution in [0.4, 0.5) is 8.78 Å². The summed E-state index contributed by atoms with van der Waals surface area (Å²) in [5.41, 5.74) is 0.846. The second-order valence-corrected chi connectivity index (χ2v) is 4.90. The first-order chi connectivity index (χ1) is 11.1. The Bertz CT molecular complexity index is 680. The zero-order valence-electron chi connectivity index (χ0n) is 12.8. The van der Waals surface area contributed by atoms with E-state index in [0.717, 1.165) is 23.4 Å². The van der Waals surface area contributed by atoms with E-state index >= 15 is 0 Å². The summed E-state index contributed by atoms with van der Waals surface area (Å²) in [6.07, 6.45) is 0.404. The molecular weight excluding hydrogens is 300 g/mol. The Morgan fingerprint density at radius 1 is 1.09 bits per heavy atom. The fourth-order valence-electron chi connectivity index (χ4n) is 2.15. The van der Waals surface area contributed by atoms with Crippen LogP contribution in [-0.2, 0) is 0 Å². The number of hydrogen-bond donors (Lipinski definition) is 0. The van der Waals surface area contributed by atoms with E-state index in [-0.39, 0.29) is 18.3 Å². The maximum Gasteiger partial charge on any atom is 0.167 e. The van der Waals surface area contributed by atoms with Gasteiger partial charge in [0.1, 0.15) is 11.6 Å². The molecule has 2 rings (SSSR count). The van der Waals surface area contributed by atoms with Crippen molar-refractivity contribution >= 4 is 0 Å². The van der Waals surface area contributed by atoms with Gasteiger partial charge in [-0.1, -0.05) is 12.1 Å². The highest BCUT2D eigenvalue weighted by Crippen LogP contribution is 2.23. The van der Waals surface area contributed by atoms with Gasteiger partial charge in [0.05, 0.1) is 25.2 Å². The lowest BCUT2D eigenvalue weighted by Crippen LogP contribution is -2.05. The normalized spacial score (nSPS) is 11.6. The van der Waals surface area contributed by atoms with Gasteiger partial charge in [0.15, 0.2) is 11.6 Å². The van der Waals surface area contributed by atoms with Gasteiger partial charge in [-0.25, -0.2) is 8.78 Å². The summed E-state index contributed by atoms with van der Waals surface area (Å²) in [5.74, 6) is -1.04. The highest BCUT2D eigenvalue weighted by Gasteiger charge is 2.12. The molecule has 120 valence electrons. The molecule has 0 N–H and O–H groups in total. The first-order valence-electron chi connectivity index (χ1n) is 7.34. The van der Waals surface area contributed by atoms with Crippen LogP contribution in [0.1, 0.15) is 24.8 Å². The molecule has 0 saturated carbocycles. The van der Waals surface area contributed by atoms with Crippen molar-refractivity contribution < 1.29 is 18.3 Å². The summed E-state index contributed by atoms with van der Waals surface area (Å²) in [6.45, 7) is 2.64. The van der Waals surface area contributed by atoms with Crippen molar-refractivity contribution in [3.05, 3.63) is 59.7 Å². The van der Waals surface area contributed by atoms with Crippen LogP contribution in [0.3, 0.4) is 0 Å². The minimum absolute atomic E-state index is 0.0187. The summed E-state index contributed by atoms with van der Waals surface area (Å²) in [5, 5.41) is 9.28. The summed E-state index contributed by atoms with van der Waals surface area (Å²) < 4.78 is 36.9. The lowest BCUT2D eigenvalue weighted by atomic mass is 9.97. The summed E-state index contributed by atoms with van der Waals surface area (Å²) in [6, 6.07) is 12.6. The maximum atomic E-state index is 13.5. The lowest BCUT2D eigenvalue weighted by Gasteiger charge is -2.12. The van der Waals surface area contributed by atoms with Gasteiger partial charge >= 0.3 is 0 Å². The Balaban J connectivity index is 1.93. The van der Waals surface area contributed by atoms with E-state index in [0.29, 0.717) is 13.0 Å². The zero-order valence-corrected chi connectivity index (χ0v) is 12.8. The van der Waals surface area contributed by atoms with Gasteiger partial charge in [0.2, 0.25) is 0 Å². The molecule has 0 radical (unpaired) electrons. The predicted molar refractivity (Wildman–Crippen MR) is 82.4 cm³/mol. The quantitative estimate of drug-likeness (QED) is 0.758. The topological polar surface area (TPSA) is 42.2 Å². The van der Waals surface area contributed by atoms with Gasteiger partial charge in [-0.3, -0.25) is 0 Å². The highest BCUT2D eigenvalue weighted by atomic mass is 19.1. The lowest BCUT2D eigenvalue weighted by molar-refractivity contribution is 0.290. The molecule has 0 aliphatic heterocycles. The van der Waals surface area contributed by atoms with E-state index in [2.05, 4.69) is 6.07 Å². The first-order valence-corrected chi connectivity index (χ1v) is 7.34. The molecule has 0 saturated heterocycles. The second kappa shape index (κ2) is 8.14. The Kier molecular flexibility index (Phi) is 5.93. The molecule has 0 aliphatic carbocycles. The van der Waals surface area contributed by atoms with Crippen LogP contribution in [0.25, 0.3) is 0 Å². The number of rotatable bonds is 7. The third kappa shape index (κ3) is 4.68. The average molecular weight is 317 g/mol. The van der Waals surface area contributed by atoms with Crippen molar-refractivity contribution in [2.45, 2.75) is 19.3 Å². The number of nitriles is 1. The SMILES string of the molecule is CCOc1ccc(C(C#N)CCOc2ccc(F)cc2F)cc1. The van der Waals surface area contributed by atoms with E-state index in [1.54, 1.807) is 0 Å². The molecule has 2 aromatic carbocycles. The standard InChI is InChI=1S/C18H17F2NO2/c1-2-22-16-6-3-13(4-7-16)14(12-21)9-10-23-18-8-5-15(19)11-17(18)20/h3-8,11,14H,2,9-10H2,1H3. The average Bonchev–Trinajstić information content (AvgIpc) is 2.55. The summed E-state index contributed by atoms with van der Waals surface area (Å²) >= 11 is 0. The minimum Gasteiger partial charge on any atom is -0.494 e. The van der Waals surface area contributed by atoms with Crippen molar-refractivity contribution in [2.75, 3.05) is 13.2 Å². The van der Waals surface area contributed by atoms with Crippen LogP contribution in [0.15, 0.2) is 42.5 Å². The van der Waals surface area contributed by atoms with Crippen molar-refractivity contribution in [3.63, 3.8) is 0 Å². The number of hydrogen-bond acceptors (Lipinski definition) is 3. The van der Waals surface area contributed by atoms with Gasteiger partial charge < -0.3 is 9.47 Å². The smallest absolute Gasteiger partial charge is 0.167 e. The summed E-state index contributed by atoms with van der Waals surface area (Å²) in [7, 11) is 0. The number of ether oxygens (including phenoxy) is 2. The predicted octanol–water partition coefficient (Wildman–Crippen LogP) is 4.44. The third-order valence-electron chi connectivity index (χ3n) is 3.31. The van der Waals surface area contributed by atoms with Crippen LogP contribution >= 0.6 is 0 Å². The van der Waals surface area contributed by atoms with Gasteiger partial charge in [-0.05, 0) is 36.8 Å².